The van der Waals surface area contributed by atoms with E-state index in [1.807, 2.05) is 0 Å². The van der Waals surface area contributed by atoms with Gasteiger partial charge in [0.1, 0.15) is 5.82 Å². The zero-order chi connectivity index (χ0) is 12.5. The molecular formula is C13H16F3N. The number of piperidine rings is 1. The zero-order valence-electron chi connectivity index (χ0n) is 9.77. The fourth-order valence-corrected chi connectivity index (χ4v) is 2.27. The molecule has 1 heterocycles. The van der Waals surface area contributed by atoms with Crippen LogP contribution in [0.2, 0.25) is 0 Å². The number of aryl methyl sites for hydroxylation is 1. The van der Waals surface area contributed by atoms with Crippen LogP contribution in [0.3, 0.4) is 0 Å². The molecule has 0 aromatic heterocycles. The number of benzene rings is 1. The first-order valence-electron chi connectivity index (χ1n) is 5.87. The van der Waals surface area contributed by atoms with E-state index in [4.69, 9.17) is 0 Å². The first-order valence-corrected chi connectivity index (χ1v) is 5.87. The summed E-state index contributed by atoms with van der Waals surface area (Å²) in [6.07, 6.45) is 0.923. The van der Waals surface area contributed by atoms with E-state index < -0.39 is 17.7 Å². The van der Waals surface area contributed by atoms with Crippen LogP contribution in [0.25, 0.3) is 0 Å². The average Bonchev–Trinajstić information content (AvgIpc) is 2.33. The van der Waals surface area contributed by atoms with E-state index >= 15 is 0 Å². The summed E-state index contributed by atoms with van der Waals surface area (Å²) in [5, 5.41) is 3.07. The highest BCUT2D eigenvalue weighted by Crippen LogP contribution is 2.40. The van der Waals surface area contributed by atoms with Crippen LogP contribution in [0.1, 0.15) is 24.0 Å². The summed E-state index contributed by atoms with van der Waals surface area (Å²) in [7, 11) is 0. The molecule has 1 fully saturated rings. The molecule has 94 valence electrons. The van der Waals surface area contributed by atoms with Crippen molar-refractivity contribution in [2.45, 2.75) is 25.7 Å². The van der Waals surface area contributed by atoms with Crippen molar-refractivity contribution in [1.82, 2.24) is 5.32 Å². The highest BCUT2D eigenvalue weighted by atomic mass is 19.3. The summed E-state index contributed by atoms with van der Waals surface area (Å²) in [6, 6.07) is 3.58. The first-order chi connectivity index (χ1) is 8.01. The minimum Gasteiger partial charge on any atom is -0.317 e. The third-order valence-corrected chi connectivity index (χ3v) is 3.39. The third kappa shape index (κ3) is 2.46. The molecule has 0 radical (unpaired) electrons. The summed E-state index contributed by atoms with van der Waals surface area (Å²) >= 11 is 0. The Bertz CT molecular complexity index is 398. The Morgan fingerprint density at radius 2 is 1.88 bits per heavy atom. The zero-order valence-corrected chi connectivity index (χ0v) is 9.77. The Morgan fingerprint density at radius 1 is 1.24 bits per heavy atom. The van der Waals surface area contributed by atoms with Gasteiger partial charge in [0.15, 0.2) is 0 Å². The van der Waals surface area contributed by atoms with Crippen LogP contribution in [0.15, 0.2) is 18.2 Å². The number of hydrogen-bond acceptors (Lipinski definition) is 1. The van der Waals surface area contributed by atoms with Crippen LogP contribution < -0.4 is 5.32 Å². The Hall–Kier alpha value is -1.03. The molecule has 0 bridgehead atoms. The van der Waals surface area contributed by atoms with Gasteiger partial charge >= 0.3 is 0 Å². The Kier molecular flexibility index (Phi) is 3.43. The number of halogens is 3. The van der Waals surface area contributed by atoms with Gasteiger partial charge in [0.25, 0.3) is 5.92 Å². The van der Waals surface area contributed by atoms with Gasteiger partial charge in [-0.15, -0.1) is 0 Å². The van der Waals surface area contributed by atoms with Crippen LogP contribution in [-0.2, 0) is 5.92 Å². The predicted molar refractivity (Wildman–Crippen MR) is 60.6 cm³/mol. The van der Waals surface area contributed by atoms with Crippen LogP contribution in [0.4, 0.5) is 13.2 Å². The van der Waals surface area contributed by atoms with Gasteiger partial charge in [-0.3, -0.25) is 0 Å². The van der Waals surface area contributed by atoms with Gasteiger partial charge in [-0.25, -0.2) is 13.2 Å². The second-order valence-electron chi connectivity index (χ2n) is 4.61. The first kappa shape index (κ1) is 12.4. The van der Waals surface area contributed by atoms with Gasteiger partial charge < -0.3 is 5.32 Å². The van der Waals surface area contributed by atoms with Crippen LogP contribution >= 0.6 is 0 Å². The lowest BCUT2D eigenvalue weighted by Gasteiger charge is -2.30. The number of hydrogen-bond donors (Lipinski definition) is 1. The van der Waals surface area contributed by atoms with E-state index in [9.17, 15) is 13.2 Å². The summed E-state index contributed by atoms with van der Waals surface area (Å²) in [5.74, 6) is -3.94. The highest BCUT2D eigenvalue weighted by molar-refractivity contribution is 5.28. The van der Waals surface area contributed by atoms with Crippen molar-refractivity contribution < 1.29 is 13.2 Å². The monoisotopic (exact) mass is 243 g/mol. The Balaban J connectivity index is 2.26. The molecule has 0 saturated carbocycles. The number of nitrogens with one attached hydrogen (secondary N) is 1. The maximum atomic E-state index is 14.2. The molecule has 1 saturated heterocycles. The molecule has 0 unspecified atom stereocenters. The van der Waals surface area contributed by atoms with Crippen molar-refractivity contribution in [3.8, 4) is 0 Å². The van der Waals surface area contributed by atoms with Crippen molar-refractivity contribution in [2.75, 3.05) is 13.1 Å². The molecule has 0 aliphatic carbocycles. The minimum absolute atomic E-state index is 0.0664. The number of alkyl halides is 2. The van der Waals surface area contributed by atoms with E-state index in [1.165, 1.54) is 19.1 Å². The second kappa shape index (κ2) is 4.69. The molecule has 1 aromatic carbocycles. The molecule has 1 aliphatic rings. The molecule has 0 amide bonds. The quantitative estimate of drug-likeness (QED) is 0.841. The average molecular weight is 243 g/mol. The maximum absolute atomic E-state index is 14.2. The summed E-state index contributed by atoms with van der Waals surface area (Å²) in [5.41, 5.74) is 0.208. The maximum Gasteiger partial charge on any atom is 0.276 e. The molecule has 4 heteroatoms. The van der Waals surface area contributed by atoms with E-state index in [2.05, 4.69) is 5.32 Å². The van der Waals surface area contributed by atoms with Gasteiger partial charge in [-0.1, -0.05) is 6.07 Å². The topological polar surface area (TPSA) is 12.0 Å². The van der Waals surface area contributed by atoms with Crippen LogP contribution in [0, 0.1) is 18.7 Å². The third-order valence-electron chi connectivity index (χ3n) is 3.39. The number of rotatable bonds is 2. The lowest BCUT2D eigenvalue weighted by molar-refractivity contribution is -0.0754. The molecule has 1 aliphatic heterocycles. The van der Waals surface area contributed by atoms with Gasteiger partial charge in [0.05, 0.1) is 0 Å². The van der Waals surface area contributed by atoms with Crippen molar-refractivity contribution in [3.63, 3.8) is 0 Å². The molecule has 2 rings (SSSR count). The van der Waals surface area contributed by atoms with Crippen molar-refractivity contribution in [2.24, 2.45) is 5.92 Å². The molecule has 1 aromatic rings. The molecule has 0 atom stereocenters. The predicted octanol–water partition coefficient (Wildman–Crippen LogP) is 3.23. The Labute approximate surface area is 99.0 Å². The van der Waals surface area contributed by atoms with E-state index in [-0.39, 0.29) is 11.1 Å². The van der Waals surface area contributed by atoms with Crippen molar-refractivity contribution in [3.05, 3.63) is 35.1 Å². The second-order valence-corrected chi connectivity index (χ2v) is 4.61. The molecule has 0 spiro atoms. The molecule has 17 heavy (non-hydrogen) atoms. The van der Waals surface area contributed by atoms with Gasteiger partial charge in [-0.2, -0.15) is 0 Å². The van der Waals surface area contributed by atoms with E-state index in [0.717, 1.165) is 6.07 Å². The van der Waals surface area contributed by atoms with E-state index in [1.54, 1.807) is 0 Å². The van der Waals surface area contributed by atoms with Crippen molar-refractivity contribution in [1.29, 1.82) is 0 Å². The molecule has 1 nitrogen and oxygen atoms in total. The van der Waals surface area contributed by atoms with Crippen molar-refractivity contribution >= 4 is 0 Å². The smallest absolute Gasteiger partial charge is 0.276 e. The van der Waals surface area contributed by atoms with Crippen LogP contribution in [-0.4, -0.2) is 13.1 Å². The fourth-order valence-electron chi connectivity index (χ4n) is 2.27. The van der Waals surface area contributed by atoms with Gasteiger partial charge in [-0.05, 0) is 50.6 Å². The Morgan fingerprint density at radius 3 is 2.47 bits per heavy atom. The summed E-state index contributed by atoms with van der Waals surface area (Å²) in [4.78, 5) is 0. The SMILES string of the molecule is Cc1cc(C(F)(F)C2CCNCC2)ccc1F. The fraction of sp³-hybridized carbons (Fsp3) is 0.538. The molecule has 1 N–H and O–H groups in total. The summed E-state index contributed by atoms with van der Waals surface area (Å²) < 4.78 is 41.5. The molecular weight excluding hydrogens is 227 g/mol. The van der Waals surface area contributed by atoms with Crippen LogP contribution in [0.5, 0.6) is 0 Å². The van der Waals surface area contributed by atoms with E-state index in [0.29, 0.717) is 25.9 Å². The standard InChI is InChI=1S/C13H16F3N/c1-9-8-11(2-3-12(9)14)13(15,16)10-4-6-17-7-5-10/h2-3,8,10,17H,4-7H2,1H3. The highest BCUT2D eigenvalue weighted by Gasteiger charge is 2.41. The minimum atomic E-state index is -2.86. The largest absolute Gasteiger partial charge is 0.317 e. The summed E-state index contributed by atoms with van der Waals surface area (Å²) in [6.45, 7) is 2.76. The lowest BCUT2D eigenvalue weighted by Crippen LogP contribution is -2.36. The lowest BCUT2D eigenvalue weighted by atomic mass is 9.86. The van der Waals surface area contributed by atoms with Gasteiger partial charge in [0.2, 0.25) is 0 Å². The van der Waals surface area contributed by atoms with Gasteiger partial charge in [0, 0.05) is 11.5 Å². The normalized spacial score (nSPS) is 18.4.